The molecule has 2 N–H and O–H groups in total. The van der Waals surface area contributed by atoms with Gasteiger partial charge in [0.1, 0.15) is 11.5 Å². The van der Waals surface area contributed by atoms with Crippen molar-refractivity contribution in [3.05, 3.63) is 52.5 Å². The zero-order valence-electron chi connectivity index (χ0n) is 10.8. The number of rotatable bonds is 2. The summed E-state index contributed by atoms with van der Waals surface area (Å²) in [5.74, 6) is -0.188. The molecular weight excluding hydrogens is 336 g/mol. The molecule has 106 valence electrons. The molecule has 1 aliphatic heterocycles. The summed E-state index contributed by atoms with van der Waals surface area (Å²) in [5.41, 5.74) is 1.44. The van der Waals surface area contributed by atoms with Crippen LogP contribution >= 0.6 is 15.9 Å². The number of hydrogen-bond acceptors (Lipinski definition) is 4. The highest BCUT2D eigenvalue weighted by molar-refractivity contribution is 9.10. The normalized spacial score (nSPS) is 14.4. The van der Waals surface area contributed by atoms with Crippen molar-refractivity contribution < 1.29 is 15.0 Å². The van der Waals surface area contributed by atoms with Crippen molar-refractivity contribution >= 4 is 33.2 Å². The lowest BCUT2D eigenvalue weighted by Crippen LogP contribution is -2.19. The topological polar surface area (TPSA) is 73.1 Å². The predicted molar refractivity (Wildman–Crippen MR) is 82.6 cm³/mol. The number of carbonyl (C=O) groups is 1. The minimum absolute atomic E-state index is 0.0139. The van der Waals surface area contributed by atoms with E-state index in [4.69, 9.17) is 0 Å². The lowest BCUT2D eigenvalue weighted by atomic mass is 10.1. The summed E-state index contributed by atoms with van der Waals surface area (Å²) in [6, 6.07) is 11.3. The SMILES string of the molecule is O=C1CC(c2cc(O)ccc2O)=NN1c1ccc(Br)cc1. The lowest BCUT2D eigenvalue weighted by molar-refractivity contribution is -0.116. The van der Waals surface area contributed by atoms with Crippen molar-refractivity contribution in [3.63, 3.8) is 0 Å². The molecular formula is C15H11BrN2O3. The third-order valence-electron chi connectivity index (χ3n) is 3.14. The molecule has 0 radical (unpaired) electrons. The average Bonchev–Trinajstić information content (AvgIpc) is 2.84. The largest absolute Gasteiger partial charge is 0.508 e. The quantitative estimate of drug-likeness (QED) is 0.821. The third kappa shape index (κ3) is 2.62. The maximum absolute atomic E-state index is 12.1. The van der Waals surface area contributed by atoms with E-state index in [0.29, 0.717) is 17.0 Å². The molecule has 0 aromatic heterocycles. The van der Waals surface area contributed by atoms with Gasteiger partial charge in [-0.2, -0.15) is 5.10 Å². The van der Waals surface area contributed by atoms with Gasteiger partial charge in [0.15, 0.2) is 0 Å². The van der Waals surface area contributed by atoms with Crippen LogP contribution in [0.15, 0.2) is 52.0 Å². The monoisotopic (exact) mass is 346 g/mol. The van der Waals surface area contributed by atoms with Crippen LogP contribution in [0.5, 0.6) is 11.5 Å². The van der Waals surface area contributed by atoms with E-state index in [9.17, 15) is 15.0 Å². The van der Waals surface area contributed by atoms with Gasteiger partial charge >= 0.3 is 0 Å². The van der Waals surface area contributed by atoms with Crippen LogP contribution in [-0.4, -0.2) is 21.8 Å². The fourth-order valence-corrected chi connectivity index (χ4v) is 2.38. The Morgan fingerprint density at radius 2 is 1.81 bits per heavy atom. The van der Waals surface area contributed by atoms with E-state index in [-0.39, 0.29) is 23.8 Å². The maximum atomic E-state index is 12.1. The number of phenols is 2. The molecule has 21 heavy (non-hydrogen) atoms. The van der Waals surface area contributed by atoms with Gasteiger partial charge in [0.2, 0.25) is 0 Å². The molecule has 2 aromatic rings. The Morgan fingerprint density at radius 1 is 1.10 bits per heavy atom. The first kappa shape index (κ1) is 13.6. The molecule has 1 amide bonds. The molecule has 3 rings (SSSR count). The first-order valence-electron chi connectivity index (χ1n) is 6.23. The molecule has 1 aliphatic rings. The molecule has 5 nitrogen and oxygen atoms in total. The van der Waals surface area contributed by atoms with Crippen LogP contribution in [0.4, 0.5) is 5.69 Å². The minimum Gasteiger partial charge on any atom is -0.508 e. The summed E-state index contributed by atoms with van der Waals surface area (Å²) in [6.45, 7) is 0. The zero-order chi connectivity index (χ0) is 15.0. The summed E-state index contributed by atoms with van der Waals surface area (Å²) in [4.78, 5) is 12.1. The van der Waals surface area contributed by atoms with Crippen LogP contribution in [0.3, 0.4) is 0 Å². The van der Waals surface area contributed by atoms with Crippen molar-refractivity contribution in [2.75, 3.05) is 5.01 Å². The molecule has 0 unspecified atom stereocenters. The second kappa shape index (κ2) is 5.21. The molecule has 2 aromatic carbocycles. The molecule has 0 saturated heterocycles. The summed E-state index contributed by atoms with van der Waals surface area (Å²) in [7, 11) is 0. The zero-order valence-corrected chi connectivity index (χ0v) is 12.4. The van der Waals surface area contributed by atoms with Gasteiger partial charge in [-0.3, -0.25) is 4.79 Å². The number of amides is 1. The summed E-state index contributed by atoms with van der Waals surface area (Å²) >= 11 is 3.34. The van der Waals surface area contributed by atoms with Crippen LogP contribution in [0.2, 0.25) is 0 Å². The van der Waals surface area contributed by atoms with Crippen molar-refractivity contribution in [2.24, 2.45) is 5.10 Å². The van der Waals surface area contributed by atoms with Crippen LogP contribution in [0.1, 0.15) is 12.0 Å². The molecule has 0 aliphatic carbocycles. The Labute approximate surface area is 129 Å². The summed E-state index contributed by atoms with van der Waals surface area (Å²) in [6.07, 6.45) is 0.0765. The molecule has 0 bridgehead atoms. The number of anilines is 1. The van der Waals surface area contributed by atoms with Crippen LogP contribution < -0.4 is 5.01 Å². The highest BCUT2D eigenvalue weighted by atomic mass is 79.9. The van der Waals surface area contributed by atoms with Gasteiger partial charge in [0.05, 0.1) is 17.8 Å². The van der Waals surface area contributed by atoms with Crippen molar-refractivity contribution in [2.45, 2.75) is 6.42 Å². The Balaban J connectivity index is 1.99. The number of phenolic OH excluding ortho intramolecular Hbond substituents is 2. The minimum atomic E-state index is -0.185. The third-order valence-corrected chi connectivity index (χ3v) is 3.67. The summed E-state index contributed by atoms with van der Waals surface area (Å²) in [5, 5.41) is 24.9. The first-order valence-corrected chi connectivity index (χ1v) is 7.02. The molecule has 0 saturated carbocycles. The van der Waals surface area contributed by atoms with Gasteiger partial charge in [0, 0.05) is 10.0 Å². The first-order chi connectivity index (χ1) is 10.0. The molecule has 1 heterocycles. The summed E-state index contributed by atoms with van der Waals surface area (Å²) < 4.78 is 0.910. The number of hydrogen-bond donors (Lipinski definition) is 2. The van der Waals surface area contributed by atoms with Gasteiger partial charge in [-0.25, -0.2) is 5.01 Å². The Bertz CT molecular complexity index is 741. The van der Waals surface area contributed by atoms with Crippen molar-refractivity contribution in [1.82, 2.24) is 0 Å². The molecule has 0 fully saturated rings. The predicted octanol–water partition coefficient (Wildman–Crippen LogP) is 3.00. The molecule has 0 spiro atoms. The second-order valence-electron chi connectivity index (χ2n) is 4.61. The number of carbonyl (C=O) groups excluding carboxylic acids is 1. The maximum Gasteiger partial charge on any atom is 0.253 e. The van der Waals surface area contributed by atoms with Crippen molar-refractivity contribution in [1.29, 1.82) is 0 Å². The smallest absolute Gasteiger partial charge is 0.253 e. The highest BCUT2D eigenvalue weighted by Crippen LogP contribution is 2.29. The molecule has 6 heteroatoms. The van der Waals surface area contributed by atoms with E-state index in [0.717, 1.165) is 4.47 Å². The number of halogens is 1. The average molecular weight is 347 g/mol. The Kier molecular flexibility index (Phi) is 3.39. The van der Waals surface area contributed by atoms with Crippen LogP contribution in [-0.2, 0) is 4.79 Å². The lowest BCUT2D eigenvalue weighted by Gasteiger charge is -2.11. The number of aromatic hydroxyl groups is 2. The van der Waals surface area contributed by atoms with Gasteiger partial charge in [-0.15, -0.1) is 0 Å². The highest BCUT2D eigenvalue weighted by Gasteiger charge is 2.27. The van der Waals surface area contributed by atoms with E-state index in [1.54, 1.807) is 12.1 Å². The Hall–Kier alpha value is -2.34. The van der Waals surface area contributed by atoms with Crippen molar-refractivity contribution in [3.8, 4) is 11.5 Å². The second-order valence-corrected chi connectivity index (χ2v) is 5.52. The number of hydrazone groups is 1. The van der Waals surface area contributed by atoms with E-state index >= 15 is 0 Å². The number of nitrogens with zero attached hydrogens (tertiary/aromatic N) is 2. The molecule has 0 atom stereocenters. The van der Waals surface area contributed by atoms with Crippen LogP contribution in [0, 0.1) is 0 Å². The van der Waals surface area contributed by atoms with Gasteiger partial charge in [0.25, 0.3) is 5.91 Å². The van der Waals surface area contributed by atoms with Crippen LogP contribution in [0.25, 0.3) is 0 Å². The van der Waals surface area contributed by atoms with E-state index in [2.05, 4.69) is 21.0 Å². The van der Waals surface area contributed by atoms with Gasteiger partial charge < -0.3 is 10.2 Å². The van der Waals surface area contributed by atoms with E-state index < -0.39 is 0 Å². The standard InChI is InChI=1S/C15H11BrN2O3/c16-9-1-3-10(4-2-9)18-15(21)8-13(17-18)12-7-11(19)5-6-14(12)20/h1-7,19-20H,8H2. The number of benzene rings is 2. The van der Waals surface area contributed by atoms with Gasteiger partial charge in [-0.1, -0.05) is 15.9 Å². The fraction of sp³-hybridized carbons (Fsp3) is 0.0667. The van der Waals surface area contributed by atoms with E-state index in [1.165, 1.54) is 23.2 Å². The fourth-order valence-electron chi connectivity index (χ4n) is 2.12. The van der Waals surface area contributed by atoms with Gasteiger partial charge in [-0.05, 0) is 42.5 Å². The van der Waals surface area contributed by atoms with E-state index in [1.807, 2.05) is 12.1 Å². The Morgan fingerprint density at radius 3 is 2.52 bits per heavy atom.